The number of carboxylic acids is 1. The fraction of sp³-hybridized carbons (Fsp3) is 0.182. The molecule has 0 saturated heterocycles. The highest BCUT2D eigenvalue weighted by Gasteiger charge is 2.06. The van der Waals surface area contributed by atoms with Crippen LogP contribution in [0.3, 0.4) is 0 Å². The van der Waals surface area contributed by atoms with E-state index in [-0.39, 0.29) is 12.2 Å². The molecule has 4 heteroatoms. The SMILES string of the molecule is O=C(O)CCc1csc2cc(O)ccc12. The maximum atomic E-state index is 10.4. The molecular weight excluding hydrogens is 212 g/mol. The van der Waals surface area contributed by atoms with Crippen molar-refractivity contribution >= 4 is 27.4 Å². The Morgan fingerprint density at radius 1 is 1.40 bits per heavy atom. The molecular formula is C11H10O3S. The van der Waals surface area contributed by atoms with Crippen molar-refractivity contribution in [2.75, 3.05) is 0 Å². The van der Waals surface area contributed by atoms with Gasteiger partial charge in [-0.15, -0.1) is 11.3 Å². The number of rotatable bonds is 3. The van der Waals surface area contributed by atoms with Gasteiger partial charge in [0.2, 0.25) is 0 Å². The molecule has 15 heavy (non-hydrogen) atoms. The van der Waals surface area contributed by atoms with E-state index in [1.165, 1.54) is 11.3 Å². The Balaban J connectivity index is 2.32. The lowest BCUT2D eigenvalue weighted by molar-refractivity contribution is -0.136. The first-order chi connectivity index (χ1) is 7.16. The summed E-state index contributed by atoms with van der Waals surface area (Å²) in [6.45, 7) is 0. The minimum Gasteiger partial charge on any atom is -0.508 e. The van der Waals surface area contributed by atoms with Crippen LogP contribution in [0.1, 0.15) is 12.0 Å². The maximum Gasteiger partial charge on any atom is 0.303 e. The fourth-order valence-corrected chi connectivity index (χ4v) is 2.54. The van der Waals surface area contributed by atoms with E-state index in [9.17, 15) is 9.90 Å². The monoisotopic (exact) mass is 222 g/mol. The first-order valence-corrected chi connectivity index (χ1v) is 5.45. The molecule has 2 aromatic rings. The number of phenolic OH excluding ortho intramolecular Hbond substituents is 1. The van der Waals surface area contributed by atoms with E-state index in [1.807, 2.05) is 11.4 Å². The van der Waals surface area contributed by atoms with E-state index in [2.05, 4.69) is 0 Å². The van der Waals surface area contributed by atoms with E-state index in [4.69, 9.17) is 5.11 Å². The van der Waals surface area contributed by atoms with E-state index in [0.717, 1.165) is 15.6 Å². The van der Waals surface area contributed by atoms with Crippen molar-refractivity contribution in [3.05, 3.63) is 29.1 Å². The Kier molecular flexibility index (Phi) is 2.60. The highest BCUT2D eigenvalue weighted by Crippen LogP contribution is 2.29. The molecule has 0 spiro atoms. The van der Waals surface area contributed by atoms with Gasteiger partial charge in [-0.1, -0.05) is 0 Å². The quantitative estimate of drug-likeness (QED) is 0.839. The molecule has 0 aliphatic rings. The first-order valence-electron chi connectivity index (χ1n) is 4.57. The van der Waals surface area contributed by atoms with E-state index >= 15 is 0 Å². The predicted octanol–water partition coefficient (Wildman–Crippen LogP) is 2.62. The van der Waals surface area contributed by atoms with Gasteiger partial charge < -0.3 is 10.2 Å². The van der Waals surface area contributed by atoms with Crippen LogP contribution in [0.5, 0.6) is 5.75 Å². The Morgan fingerprint density at radius 2 is 2.20 bits per heavy atom. The lowest BCUT2D eigenvalue weighted by Crippen LogP contribution is -1.96. The van der Waals surface area contributed by atoms with Gasteiger partial charge in [0.1, 0.15) is 5.75 Å². The molecule has 0 fully saturated rings. The number of carboxylic acid groups (broad SMARTS) is 1. The smallest absolute Gasteiger partial charge is 0.303 e. The highest BCUT2D eigenvalue weighted by atomic mass is 32.1. The Bertz CT molecular complexity index is 502. The summed E-state index contributed by atoms with van der Waals surface area (Å²) in [5.74, 6) is -0.540. The third-order valence-electron chi connectivity index (χ3n) is 2.25. The van der Waals surface area contributed by atoms with E-state index in [1.54, 1.807) is 12.1 Å². The number of aryl methyl sites for hydroxylation is 1. The van der Waals surface area contributed by atoms with Crippen molar-refractivity contribution in [1.29, 1.82) is 0 Å². The molecule has 2 N–H and O–H groups in total. The Hall–Kier alpha value is -1.55. The second-order valence-corrected chi connectivity index (χ2v) is 4.25. The van der Waals surface area contributed by atoms with Crippen LogP contribution in [0.25, 0.3) is 10.1 Å². The number of hydrogen-bond acceptors (Lipinski definition) is 3. The number of benzene rings is 1. The minimum atomic E-state index is -0.784. The number of hydrogen-bond donors (Lipinski definition) is 2. The Morgan fingerprint density at radius 3 is 2.93 bits per heavy atom. The summed E-state index contributed by atoms with van der Waals surface area (Å²) in [4.78, 5) is 10.4. The van der Waals surface area contributed by atoms with Gasteiger partial charge >= 0.3 is 5.97 Å². The van der Waals surface area contributed by atoms with Gasteiger partial charge in [-0.05, 0) is 40.9 Å². The normalized spacial score (nSPS) is 10.7. The van der Waals surface area contributed by atoms with Crippen LogP contribution < -0.4 is 0 Å². The average molecular weight is 222 g/mol. The highest BCUT2D eigenvalue weighted by molar-refractivity contribution is 7.17. The molecule has 0 aliphatic carbocycles. The summed E-state index contributed by atoms with van der Waals surface area (Å²) < 4.78 is 0.996. The zero-order valence-corrected chi connectivity index (χ0v) is 8.75. The summed E-state index contributed by atoms with van der Waals surface area (Å²) in [5.41, 5.74) is 1.04. The van der Waals surface area contributed by atoms with Gasteiger partial charge in [-0.2, -0.15) is 0 Å². The van der Waals surface area contributed by atoms with Crippen LogP contribution in [-0.2, 0) is 11.2 Å². The largest absolute Gasteiger partial charge is 0.508 e. The summed E-state index contributed by atoms with van der Waals surface area (Å²) in [6, 6.07) is 5.15. The number of aromatic hydroxyl groups is 1. The number of phenols is 1. The molecule has 0 amide bonds. The molecule has 0 unspecified atom stereocenters. The van der Waals surface area contributed by atoms with Crippen LogP contribution in [-0.4, -0.2) is 16.2 Å². The average Bonchev–Trinajstić information content (AvgIpc) is 2.57. The lowest BCUT2D eigenvalue weighted by Gasteiger charge is -1.97. The van der Waals surface area contributed by atoms with Crippen LogP contribution in [0.2, 0.25) is 0 Å². The molecule has 3 nitrogen and oxygen atoms in total. The molecule has 1 aromatic carbocycles. The summed E-state index contributed by atoms with van der Waals surface area (Å²) in [5, 5.41) is 20.9. The standard InChI is InChI=1S/C11H10O3S/c12-8-2-3-9-7(1-4-11(13)14)6-15-10(9)5-8/h2-3,5-6,12H,1,4H2,(H,13,14). The molecule has 1 heterocycles. The van der Waals surface area contributed by atoms with Crippen molar-refractivity contribution in [1.82, 2.24) is 0 Å². The lowest BCUT2D eigenvalue weighted by atomic mass is 10.1. The van der Waals surface area contributed by atoms with Gasteiger partial charge in [0.15, 0.2) is 0 Å². The Labute approximate surface area is 90.6 Å². The maximum absolute atomic E-state index is 10.4. The van der Waals surface area contributed by atoms with Gasteiger partial charge in [0.25, 0.3) is 0 Å². The molecule has 0 saturated carbocycles. The van der Waals surface area contributed by atoms with E-state index in [0.29, 0.717) is 6.42 Å². The zero-order chi connectivity index (χ0) is 10.8. The van der Waals surface area contributed by atoms with Gasteiger partial charge in [-0.25, -0.2) is 0 Å². The van der Waals surface area contributed by atoms with Crippen molar-refractivity contribution in [2.45, 2.75) is 12.8 Å². The van der Waals surface area contributed by atoms with Crippen molar-refractivity contribution < 1.29 is 15.0 Å². The number of thiophene rings is 1. The fourth-order valence-electron chi connectivity index (χ4n) is 1.51. The first kappa shape index (κ1) is 9.98. The second kappa shape index (κ2) is 3.90. The summed E-state index contributed by atoms with van der Waals surface area (Å²) in [6.07, 6.45) is 0.687. The molecule has 1 aromatic heterocycles. The third kappa shape index (κ3) is 2.10. The third-order valence-corrected chi connectivity index (χ3v) is 3.24. The summed E-state index contributed by atoms with van der Waals surface area (Å²) >= 11 is 1.53. The minimum absolute atomic E-state index is 0.146. The van der Waals surface area contributed by atoms with Gasteiger partial charge in [0.05, 0.1) is 0 Å². The molecule has 0 bridgehead atoms. The molecule has 0 aliphatic heterocycles. The predicted molar refractivity (Wildman–Crippen MR) is 59.4 cm³/mol. The number of carbonyl (C=O) groups is 1. The van der Waals surface area contributed by atoms with Crippen molar-refractivity contribution in [3.8, 4) is 5.75 Å². The van der Waals surface area contributed by atoms with E-state index < -0.39 is 5.97 Å². The molecule has 0 atom stereocenters. The van der Waals surface area contributed by atoms with Gasteiger partial charge in [-0.3, -0.25) is 4.79 Å². The van der Waals surface area contributed by atoms with Gasteiger partial charge in [0, 0.05) is 11.1 Å². The van der Waals surface area contributed by atoms with Crippen LogP contribution in [0.4, 0.5) is 0 Å². The van der Waals surface area contributed by atoms with Crippen molar-refractivity contribution in [2.24, 2.45) is 0 Å². The van der Waals surface area contributed by atoms with Crippen LogP contribution in [0, 0.1) is 0 Å². The van der Waals surface area contributed by atoms with Crippen LogP contribution in [0.15, 0.2) is 23.6 Å². The van der Waals surface area contributed by atoms with Crippen LogP contribution >= 0.6 is 11.3 Å². The topological polar surface area (TPSA) is 57.5 Å². The second-order valence-electron chi connectivity index (χ2n) is 3.34. The summed E-state index contributed by atoms with van der Waals surface area (Å²) in [7, 11) is 0. The molecule has 2 rings (SSSR count). The zero-order valence-electron chi connectivity index (χ0n) is 7.93. The van der Waals surface area contributed by atoms with Crippen molar-refractivity contribution in [3.63, 3.8) is 0 Å². The number of fused-ring (bicyclic) bond motifs is 1. The molecule has 78 valence electrons. The molecule has 0 radical (unpaired) electrons. The number of aliphatic carboxylic acids is 1.